The van der Waals surface area contributed by atoms with Crippen molar-refractivity contribution in [1.29, 1.82) is 0 Å². The molecule has 0 aromatic heterocycles. The normalized spacial score (nSPS) is 25.0. The van der Waals surface area contributed by atoms with Gasteiger partial charge in [0.2, 0.25) is 0 Å². The number of ether oxygens (including phenoxy) is 2. The van der Waals surface area contributed by atoms with Crippen molar-refractivity contribution in [2.24, 2.45) is 5.92 Å². The van der Waals surface area contributed by atoms with E-state index in [9.17, 15) is 9.59 Å². The molecule has 0 aliphatic carbocycles. The third-order valence-corrected chi connectivity index (χ3v) is 2.15. The summed E-state index contributed by atoms with van der Waals surface area (Å²) in [5, 5.41) is 2.78. The molecule has 1 rings (SSSR count). The van der Waals surface area contributed by atoms with Crippen LogP contribution in [0.4, 0.5) is 0 Å². The van der Waals surface area contributed by atoms with Crippen LogP contribution in [0.3, 0.4) is 0 Å². The van der Waals surface area contributed by atoms with E-state index in [-0.39, 0.29) is 0 Å². The van der Waals surface area contributed by atoms with Crippen molar-refractivity contribution in [3.05, 3.63) is 12.3 Å². The molecule has 1 aliphatic heterocycles. The number of carbonyl (C=O) groups is 2. The summed E-state index contributed by atoms with van der Waals surface area (Å²) in [6.07, 6.45) is 3.90. The van der Waals surface area contributed by atoms with Gasteiger partial charge in [-0.25, -0.2) is 4.79 Å². The first kappa shape index (κ1) is 10.6. The Kier molecular flexibility index (Phi) is 3.50. The van der Waals surface area contributed by atoms with Gasteiger partial charge in [-0.15, -0.1) is 0 Å². The summed E-state index contributed by atoms with van der Waals surface area (Å²) in [7, 11) is 2.59. The first-order valence-corrected chi connectivity index (χ1v) is 4.27. The van der Waals surface area contributed by atoms with Gasteiger partial charge in [0, 0.05) is 0 Å². The largest absolute Gasteiger partial charge is 0.469 e. The van der Waals surface area contributed by atoms with Crippen LogP contribution in [0.5, 0.6) is 0 Å². The minimum atomic E-state index is -0.641. The molecule has 0 aromatic carbocycles. The Morgan fingerprint density at radius 2 is 1.93 bits per heavy atom. The molecule has 14 heavy (non-hydrogen) atoms. The predicted molar refractivity (Wildman–Crippen MR) is 48.2 cm³/mol. The topological polar surface area (TPSA) is 64.6 Å². The predicted octanol–water partition coefficient (Wildman–Crippen LogP) is -0.176. The Bertz CT molecular complexity index is 236. The summed E-state index contributed by atoms with van der Waals surface area (Å²) in [6.45, 7) is 0. The number of hydrogen-bond acceptors (Lipinski definition) is 5. The van der Waals surface area contributed by atoms with Crippen LogP contribution in [0.1, 0.15) is 6.42 Å². The van der Waals surface area contributed by atoms with E-state index in [2.05, 4.69) is 14.8 Å². The number of methoxy groups -OCH3 is 2. The molecular weight excluding hydrogens is 186 g/mol. The highest BCUT2D eigenvalue weighted by atomic mass is 16.5. The molecular formula is C9H13NO4. The van der Waals surface area contributed by atoms with Gasteiger partial charge in [-0.05, 0) is 12.6 Å². The fourth-order valence-electron chi connectivity index (χ4n) is 1.38. The summed E-state index contributed by atoms with van der Waals surface area (Å²) < 4.78 is 9.17. The third kappa shape index (κ3) is 2.04. The number of allylic oxidation sites excluding steroid dienone is 1. The van der Waals surface area contributed by atoms with E-state index < -0.39 is 23.9 Å². The van der Waals surface area contributed by atoms with Crippen LogP contribution in [0.25, 0.3) is 0 Å². The highest BCUT2D eigenvalue weighted by Gasteiger charge is 2.35. The van der Waals surface area contributed by atoms with Gasteiger partial charge in [-0.3, -0.25) is 4.79 Å². The fraction of sp³-hybridized carbons (Fsp3) is 0.556. The van der Waals surface area contributed by atoms with Crippen LogP contribution in [-0.4, -0.2) is 32.2 Å². The van der Waals surface area contributed by atoms with Gasteiger partial charge in [0.15, 0.2) is 0 Å². The molecule has 2 atom stereocenters. The minimum absolute atomic E-state index is 0.405. The van der Waals surface area contributed by atoms with Crippen molar-refractivity contribution in [1.82, 2.24) is 5.32 Å². The lowest BCUT2D eigenvalue weighted by atomic mass is 9.94. The molecule has 0 spiro atoms. The standard InChI is InChI=1S/C9H13NO4/c1-13-8(11)6-4-3-5-10-7(6)9(12)14-2/h3,5-7,10H,4H2,1-2H3. The number of nitrogens with one attached hydrogen (secondary N) is 1. The maximum absolute atomic E-state index is 11.3. The van der Waals surface area contributed by atoms with Gasteiger partial charge >= 0.3 is 11.9 Å². The van der Waals surface area contributed by atoms with E-state index in [0.717, 1.165) is 0 Å². The molecule has 78 valence electrons. The number of hydrogen-bond donors (Lipinski definition) is 1. The van der Waals surface area contributed by atoms with E-state index in [4.69, 9.17) is 0 Å². The lowest BCUT2D eigenvalue weighted by Gasteiger charge is -2.25. The molecule has 0 radical (unpaired) electrons. The molecule has 1 aliphatic rings. The third-order valence-electron chi connectivity index (χ3n) is 2.15. The zero-order valence-electron chi connectivity index (χ0n) is 8.15. The SMILES string of the molecule is COC(=O)C1CC=CNC1C(=O)OC. The first-order chi connectivity index (χ1) is 6.70. The van der Waals surface area contributed by atoms with Gasteiger partial charge in [0.05, 0.1) is 20.1 Å². The van der Waals surface area contributed by atoms with Crippen LogP contribution in [0.2, 0.25) is 0 Å². The highest BCUT2D eigenvalue weighted by molar-refractivity contribution is 5.85. The highest BCUT2D eigenvalue weighted by Crippen LogP contribution is 2.16. The van der Waals surface area contributed by atoms with Crippen molar-refractivity contribution in [3.8, 4) is 0 Å². The van der Waals surface area contributed by atoms with Crippen LogP contribution in [0, 0.1) is 5.92 Å². The van der Waals surface area contributed by atoms with Crippen LogP contribution < -0.4 is 5.32 Å². The van der Waals surface area contributed by atoms with E-state index in [1.165, 1.54) is 14.2 Å². The first-order valence-electron chi connectivity index (χ1n) is 4.27. The summed E-state index contributed by atoms with van der Waals surface area (Å²) in [6, 6.07) is -0.641. The summed E-state index contributed by atoms with van der Waals surface area (Å²) in [5.74, 6) is -1.36. The number of rotatable bonds is 2. The van der Waals surface area contributed by atoms with Crippen molar-refractivity contribution in [2.75, 3.05) is 14.2 Å². The second-order valence-electron chi connectivity index (χ2n) is 2.94. The Labute approximate surface area is 82.1 Å². The van der Waals surface area contributed by atoms with E-state index >= 15 is 0 Å². The second-order valence-corrected chi connectivity index (χ2v) is 2.94. The van der Waals surface area contributed by atoms with Gasteiger partial charge in [-0.1, -0.05) is 6.08 Å². The maximum Gasteiger partial charge on any atom is 0.329 e. The Balaban J connectivity index is 2.75. The maximum atomic E-state index is 11.3. The number of esters is 2. The van der Waals surface area contributed by atoms with Crippen molar-refractivity contribution < 1.29 is 19.1 Å². The monoisotopic (exact) mass is 199 g/mol. The molecule has 0 aromatic rings. The van der Waals surface area contributed by atoms with E-state index in [0.29, 0.717) is 6.42 Å². The molecule has 0 fully saturated rings. The van der Waals surface area contributed by atoms with E-state index in [1.54, 1.807) is 12.3 Å². The molecule has 1 heterocycles. The van der Waals surface area contributed by atoms with E-state index in [1.807, 2.05) is 0 Å². The molecule has 5 heteroatoms. The van der Waals surface area contributed by atoms with Crippen molar-refractivity contribution in [3.63, 3.8) is 0 Å². The Morgan fingerprint density at radius 1 is 1.29 bits per heavy atom. The summed E-state index contributed by atoms with van der Waals surface area (Å²) in [4.78, 5) is 22.6. The van der Waals surface area contributed by atoms with Gasteiger partial charge < -0.3 is 14.8 Å². The molecule has 0 bridgehead atoms. The minimum Gasteiger partial charge on any atom is -0.469 e. The molecule has 2 unspecified atom stereocenters. The molecule has 0 amide bonds. The Morgan fingerprint density at radius 3 is 2.50 bits per heavy atom. The van der Waals surface area contributed by atoms with Crippen LogP contribution in [0.15, 0.2) is 12.3 Å². The number of carbonyl (C=O) groups excluding carboxylic acids is 2. The Hall–Kier alpha value is -1.52. The average molecular weight is 199 g/mol. The zero-order chi connectivity index (χ0) is 10.6. The molecule has 0 saturated heterocycles. The average Bonchev–Trinajstić information content (AvgIpc) is 2.27. The lowest BCUT2D eigenvalue weighted by Crippen LogP contribution is -2.46. The zero-order valence-corrected chi connectivity index (χ0v) is 8.15. The van der Waals surface area contributed by atoms with Crippen LogP contribution >= 0.6 is 0 Å². The molecule has 0 saturated carbocycles. The smallest absolute Gasteiger partial charge is 0.329 e. The van der Waals surface area contributed by atoms with Gasteiger partial charge in [0.25, 0.3) is 0 Å². The van der Waals surface area contributed by atoms with Crippen LogP contribution in [-0.2, 0) is 19.1 Å². The quantitative estimate of drug-likeness (QED) is 0.625. The van der Waals surface area contributed by atoms with Gasteiger partial charge in [-0.2, -0.15) is 0 Å². The lowest BCUT2D eigenvalue weighted by molar-refractivity contribution is -0.154. The summed E-state index contributed by atoms with van der Waals surface area (Å²) >= 11 is 0. The van der Waals surface area contributed by atoms with Crippen molar-refractivity contribution in [2.45, 2.75) is 12.5 Å². The second kappa shape index (κ2) is 4.64. The fourth-order valence-corrected chi connectivity index (χ4v) is 1.38. The molecule has 1 N–H and O–H groups in total. The van der Waals surface area contributed by atoms with Gasteiger partial charge in [0.1, 0.15) is 6.04 Å². The summed E-state index contributed by atoms with van der Waals surface area (Å²) in [5.41, 5.74) is 0. The molecule has 5 nitrogen and oxygen atoms in total. The van der Waals surface area contributed by atoms with Crippen molar-refractivity contribution >= 4 is 11.9 Å².